The molecule has 3 rings (SSSR count). The SMILES string of the molecule is CCOc1cc(C=C(NC(=O)c2ccccc2)C(=O)Nc2ccc(Cl)cc2)ccc1OC. The molecular weight excluding hydrogens is 428 g/mol. The van der Waals surface area contributed by atoms with Crippen LogP contribution >= 0.6 is 11.6 Å². The summed E-state index contributed by atoms with van der Waals surface area (Å²) in [4.78, 5) is 25.7. The van der Waals surface area contributed by atoms with Gasteiger partial charge < -0.3 is 20.1 Å². The summed E-state index contributed by atoms with van der Waals surface area (Å²) in [5.74, 6) is 0.229. The van der Waals surface area contributed by atoms with Crippen LogP contribution in [-0.2, 0) is 4.79 Å². The second-order valence-electron chi connectivity index (χ2n) is 6.68. The number of anilines is 1. The summed E-state index contributed by atoms with van der Waals surface area (Å²) in [5.41, 5.74) is 1.71. The van der Waals surface area contributed by atoms with Crippen LogP contribution in [0.4, 0.5) is 5.69 Å². The molecule has 164 valence electrons. The average molecular weight is 451 g/mol. The summed E-state index contributed by atoms with van der Waals surface area (Å²) in [6, 6.07) is 20.6. The molecule has 7 heteroatoms. The van der Waals surface area contributed by atoms with E-state index in [1.807, 2.05) is 13.0 Å². The number of carbonyl (C=O) groups is 2. The van der Waals surface area contributed by atoms with Crippen molar-refractivity contribution in [3.8, 4) is 11.5 Å². The van der Waals surface area contributed by atoms with Gasteiger partial charge in [0.1, 0.15) is 5.70 Å². The predicted octanol–water partition coefficient (Wildman–Crippen LogP) is 5.16. The molecule has 0 bridgehead atoms. The number of methoxy groups -OCH3 is 1. The van der Waals surface area contributed by atoms with Gasteiger partial charge in [0.15, 0.2) is 11.5 Å². The standard InChI is InChI=1S/C25H23ClN2O4/c1-3-32-23-16-17(9-14-22(23)31-2)15-21(28-24(29)18-7-5-4-6-8-18)25(30)27-20-12-10-19(26)11-13-20/h4-16H,3H2,1-2H3,(H,27,30)(H,28,29). The van der Waals surface area contributed by atoms with Crippen LogP contribution in [-0.4, -0.2) is 25.5 Å². The quantitative estimate of drug-likeness (QED) is 0.465. The molecule has 6 nitrogen and oxygen atoms in total. The Bertz CT molecular complexity index is 1110. The van der Waals surface area contributed by atoms with Crippen LogP contribution < -0.4 is 20.1 Å². The molecule has 0 unspecified atom stereocenters. The number of ether oxygens (including phenoxy) is 2. The van der Waals surface area contributed by atoms with Gasteiger partial charge in [-0.15, -0.1) is 0 Å². The van der Waals surface area contributed by atoms with E-state index in [1.54, 1.807) is 79.9 Å². The summed E-state index contributed by atoms with van der Waals surface area (Å²) in [6.07, 6.45) is 1.58. The van der Waals surface area contributed by atoms with Crippen molar-refractivity contribution in [3.05, 3.63) is 94.6 Å². The van der Waals surface area contributed by atoms with E-state index in [2.05, 4.69) is 10.6 Å². The normalized spacial score (nSPS) is 10.9. The minimum Gasteiger partial charge on any atom is -0.493 e. The first-order chi connectivity index (χ1) is 15.5. The molecule has 0 aliphatic rings. The van der Waals surface area contributed by atoms with Gasteiger partial charge in [-0.05, 0) is 67.1 Å². The fraction of sp³-hybridized carbons (Fsp3) is 0.120. The minimum absolute atomic E-state index is 0.0708. The molecule has 0 atom stereocenters. The van der Waals surface area contributed by atoms with Gasteiger partial charge in [-0.1, -0.05) is 35.9 Å². The van der Waals surface area contributed by atoms with Crippen molar-refractivity contribution in [2.45, 2.75) is 6.92 Å². The first kappa shape index (κ1) is 22.9. The summed E-state index contributed by atoms with van der Waals surface area (Å²) in [5, 5.41) is 6.03. The highest BCUT2D eigenvalue weighted by molar-refractivity contribution is 6.30. The molecule has 3 aromatic carbocycles. The maximum atomic E-state index is 13.0. The molecule has 0 aliphatic carbocycles. The van der Waals surface area contributed by atoms with Gasteiger partial charge in [-0.3, -0.25) is 9.59 Å². The number of amides is 2. The Morgan fingerprint density at radius 1 is 0.969 bits per heavy atom. The van der Waals surface area contributed by atoms with Crippen molar-refractivity contribution in [2.24, 2.45) is 0 Å². The third kappa shape index (κ3) is 6.12. The number of halogens is 1. The molecule has 3 aromatic rings. The summed E-state index contributed by atoms with van der Waals surface area (Å²) in [7, 11) is 1.55. The van der Waals surface area contributed by atoms with Crippen LogP contribution in [0.3, 0.4) is 0 Å². The Hall–Kier alpha value is -3.77. The van der Waals surface area contributed by atoms with E-state index in [-0.39, 0.29) is 5.70 Å². The van der Waals surface area contributed by atoms with Crippen LogP contribution in [0, 0.1) is 0 Å². The van der Waals surface area contributed by atoms with Gasteiger partial charge in [0, 0.05) is 16.3 Å². The number of nitrogens with one attached hydrogen (secondary N) is 2. The fourth-order valence-electron chi connectivity index (χ4n) is 2.89. The molecule has 0 fully saturated rings. The van der Waals surface area contributed by atoms with Gasteiger partial charge in [-0.2, -0.15) is 0 Å². The molecule has 2 N–H and O–H groups in total. The van der Waals surface area contributed by atoms with E-state index in [0.29, 0.717) is 39.9 Å². The number of hydrogen-bond acceptors (Lipinski definition) is 4. The summed E-state index contributed by atoms with van der Waals surface area (Å²) < 4.78 is 10.9. The van der Waals surface area contributed by atoms with Gasteiger partial charge in [-0.25, -0.2) is 0 Å². The molecule has 0 aromatic heterocycles. The van der Waals surface area contributed by atoms with E-state index in [1.165, 1.54) is 0 Å². The van der Waals surface area contributed by atoms with Gasteiger partial charge in [0.05, 0.1) is 13.7 Å². The zero-order valence-corrected chi connectivity index (χ0v) is 18.5. The van der Waals surface area contributed by atoms with Gasteiger partial charge >= 0.3 is 0 Å². The van der Waals surface area contributed by atoms with E-state index >= 15 is 0 Å². The second kappa shape index (κ2) is 11.0. The molecule has 32 heavy (non-hydrogen) atoms. The van der Waals surface area contributed by atoms with E-state index < -0.39 is 11.8 Å². The maximum Gasteiger partial charge on any atom is 0.272 e. The van der Waals surface area contributed by atoms with Crippen molar-refractivity contribution < 1.29 is 19.1 Å². The van der Waals surface area contributed by atoms with Crippen molar-refractivity contribution in [1.82, 2.24) is 5.32 Å². The lowest BCUT2D eigenvalue weighted by molar-refractivity contribution is -0.113. The third-order valence-corrected chi connectivity index (χ3v) is 4.68. The Labute approximate surface area is 191 Å². The number of rotatable bonds is 8. The van der Waals surface area contributed by atoms with E-state index in [0.717, 1.165) is 0 Å². The lowest BCUT2D eigenvalue weighted by Crippen LogP contribution is -2.30. The maximum absolute atomic E-state index is 13.0. The first-order valence-electron chi connectivity index (χ1n) is 9.96. The lowest BCUT2D eigenvalue weighted by atomic mass is 10.1. The molecule has 0 aliphatic heterocycles. The highest BCUT2D eigenvalue weighted by Crippen LogP contribution is 2.29. The number of carbonyl (C=O) groups excluding carboxylic acids is 2. The highest BCUT2D eigenvalue weighted by Gasteiger charge is 2.16. The predicted molar refractivity (Wildman–Crippen MR) is 126 cm³/mol. The van der Waals surface area contributed by atoms with Crippen LogP contribution in [0.15, 0.2) is 78.5 Å². The van der Waals surface area contributed by atoms with Crippen molar-refractivity contribution >= 4 is 35.2 Å². The fourth-order valence-corrected chi connectivity index (χ4v) is 3.02. The topological polar surface area (TPSA) is 76.7 Å². The van der Waals surface area contributed by atoms with Crippen molar-refractivity contribution in [2.75, 3.05) is 19.0 Å². The van der Waals surface area contributed by atoms with Crippen LogP contribution in [0.25, 0.3) is 6.08 Å². The monoisotopic (exact) mass is 450 g/mol. The molecule has 0 saturated heterocycles. The van der Waals surface area contributed by atoms with Crippen LogP contribution in [0.1, 0.15) is 22.8 Å². The molecule has 0 radical (unpaired) electrons. The van der Waals surface area contributed by atoms with E-state index in [9.17, 15) is 9.59 Å². The number of benzene rings is 3. The third-order valence-electron chi connectivity index (χ3n) is 4.43. The van der Waals surface area contributed by atoms with Gasteiger partial charge in [0.2, 0.25) is 0 Å². The molecular formula is C25H23ClN2O4. The van der Waals surface area contributed by atoms with Crippen LogP contribution in [0.5, 0.6) is 11.5 Å². The number of hydrogen-bond donors (Lipinski definition) is 2. The molecule has 0 spiro atoms. The average Bonchev–Trinajstić information content (AvgIpc) is 2.81. The first-order valence-corrected chi connectivity index (χ1v) is 10.3. The highest BCUT2D eigenvalue weighted by atomic mass is 35.5. The Morgan fingerprint density at radius 3 is 2.34 bits per heavy atom. The zero-order valence-electron chi connectivity index (χ0n) is 17.7. The molecule has 0 saturated carbocycles. The Balaban J connectivity index is 1.93. The molecule has 0 heterocycles. The molecule has 2 amide bonds. The smallest absolute Gasteiger partial charge is 0.272 e. The van der Waals surface area contributed by atoms with E-state index in [4.69, 9.17) is 21.1 Å². The second-order valence-corrected chi connectivity index (χ2v) is 7.12. The Morgan fingerprint density at radius 2 is 1.69 bits per heavy atom. The summed E-state index contributed by atoms with van der Waals surface area (Å²) in [6.45, 7) is 2.32. The van der Waals surface area contributed by atoms with Gasteiger partial charge in [0.25, 0.3) is 11.8 Å². The summed E-state index contributed by atoms with van der Waals surface area (Å²) >= 11 is 5.92. The lowest BCUT2D eigenvalue weighted by Gasteiger charge is -2.13. The van der Waals surface area contributed by atoms with Crippen molar-refractivity contribution in [1.29, 1.82) is 0 Å². The Kier molecular flexibility index (Phi) is 7.89. The largest absolute Gasteiger partial charge is 0.493 e. The van der Waals surface area contributed by atoms with Crippen molar-refractivity contribution in [3.63, 3.8) is 0 Å². The van der Waals surface area contributed by atoms with Crippen LogP contribution in [0.2, 0.25) is 5.02 Å². The zero-order chi connectivity index (χ0) is 22.9. The minimum atomic E-state index is -0.481.